The Balaban J connectivity index is 2.71. The molecule has 2 N–H and O–H groups in total. The van der Waals surface area contributed by atoms with Gasteiger partial charge in [-0.1, -0.05) is 6.07 Å². The Kier molecular flexibility index (Phi) is 4.60. The van der Waals surface area contributed by atoms with Gasteiger partial charge in [-0.3, -0.25) is 4.79 Å². The maximum atomic E-state index is 10.8. The molecule has 0 aliphatic rings. The largest absolute Gasteiger partial charge is 0.493 e. The van der Waals surface area contributed by atoms with E-state index in [-0.39, 0.29) is 0 Å². The van der Waals surface area contributed by atoms with Gasteiger partial charge in [-0.25, -0.2) is 0 Å². The number of ether oxygens (including phenoxy) is 2. The van der Waals surface area contributed by atoms with E-state index in [1.54, 1.807) is 26.4 Å². The summed E-state index contributed by atoms with van der Waals surface area (Å²) in [5.41, 5.74) is 0.874. The Bertz CT molecular complexity index is 365. The molecule has 0 saturated carbocycles. The van der Waals surface area contributed by atoms with E-state index in [0.29, 0.717) is 18.0 Å². The smallest absolute Gasteiger partial charge is 0.245 e. The normalized spacial score (nSPS) is 9.69. The first-order chi connectivity index (χ1) is 7.71. The van der Waals surface area contributed by atoms with Crippen LogP contribution in [-0.4, -0.2) is 31.8 Å². The summed E-state index contributed by atoms with van der Waals surface area (Å²) in [6.45, 7) is -0.160. The zero-order valence-corrected chi connectivity index (χ0v) is 9.32. The second-order valence-corrected chi connectivity index (χ2v) is 3.12. The molecule has 0 fully saturated rings. The molecule has 1 rings (SSSR count). The van der Waals surface area contributed by atoms with Crippen LogP contribution >= 0.6 is 0 Å². The van der Waals surface area contributed by atoms with Gasteiger partial charge in [0.05, 0.1) is 14.2 Å². The van der Waals surface area contributed by atoms with Gasteiger partial charge in [0.2, 0.25) is 5.91 Å². The van der Waals surface area contributed by atoms with Crippen LogP contribution in [0.1, 0.15) is 5.56 Å². The molecule has 1 aromatic rings. The molecular weight excluding hydrogens is 210 g/mol. The Morgan fingerprint density at radius 2 is 2.00 bits per heavy atom. The molecule has 0 bridgehead atoms. The van der Waals surface area contributed by atoms with Crippen molar-refractivity contribution in [3.63, 3.8) is 0 Å². The number of rotatable bonds is 5. The summed E-state index contributed by atoms with van der Waals surface area (Å²) in [5.74, 6) is 0.841. The van der Waals surface area contributed by atoms with Crippen LogP contribution in [0.4, 0.5) is 0 Å². The van der Waals surface area contributed by atoms with Gasteiger partial charge in [-0.15, -0.1) is 0 Å². The standard InChI is InChI=1S/C11H15NO4/c1-15-9-4-3-8(5-10(9)16-2)6-12-11(14)7-13/h3-5,13H,6-7H2,1-2H3,(H,12,14). The zero-order chi connectivity index (χ0) is 12.0. The van der Waals surface area contributed by atoms with Crippen molar-refractivity contribution in [2.24, 2.45) is 0 Å². The molecule has 0 aromatic heterocycles. The minimum Gasteiger partial charge on any atom is -0.493 e. The van der Waals surface area contributed by atoms with Crippen molar-refractivity contribution in [2.45, 2.75) is 6.54 Å². The highest BCUT2D eigenvalue weighted by molar-refractivity contribution is 5.76. The van der Waals surface area contributed by atoms with Gasteiger partial charge < -0.3 is 19.9 Å². The molecule has 0 spiro atoms. The molecule has 0 saturated heterocycles. The zero-order valence-electron chi connectivity index (χ0n) is 9.32. The molecule has 16 heavy (non-hydrogen) atoms. The van der Waals surface area contributed by atoms with Gasteiger partial charge in [0.25, 0.3) is 0 Å². The summed E-state index contributed by atoms with van der Waals surface area (Å²) in [5, 5.41) is 11.1. The molecule has 0 aliphatic heterocycles. The number of amides is 1. The molecule has 5 nitrogen and oxygen atoms in total. The number of methoxy groups -OCH3 is 2. The minimum atomic E-state index is -0.507. The fourth-order valence-corrected chi connectivity index (χ4v) is 1.25. The first-order valence-electron chi connectivity index (χ1n) is 4.79. The van der Waals surface area contributed by atoms with E-state index >= 15 is 0 Å². The lowest BCUT2D eigenvalue weighted by Crippen LogP contribution is -2.25. The number of carbonyl (C=O) groups is 1. The second-order valence-electron chi connectivity index (χ2n) is 3.12. The van der Waals surface area contributed by atoms with Crippen molar-refractivity contribution in [3.8, 4) is 11.5 Å². The van der Waals surface area contributed by atoms with Crippen molar-refractivity contribution >= 4 is 5.91 Å². The number of hydrogen-bond acceptors (Lipinski definition) is 4. The van der Waals surface area contributed by atoms with Gasteiger partial charge in [0, 0.05) is 6.54 Å². The molecule has 88 valence electrons. The average molecular weight is 225 g/mol. The van der Waals surface area contributed by atoms with E-state index in [9.17, 15) is 4.79 Å². The number of benzene rings is 1. The molecule has 1 aromatic carbocycles. The number of aliphatic hydroxyl groups is 1. The molecule has 0 aliphatic carbocycles. The topological polar surface area (TPSA) is 67.8 Å². The van der Waals surface area contributed by atoms with Crippen molar-refractivity contribution < 1.29 is 19.4 Å². The monoisotopic (exact) mass is 225 g/mol. The highest BCUT2D eigenvalue weighted by atomic mass is 16.5. The molecular formula is C11H15NO4. The number of nitrogens with one attached hydrogen (secondary N) is 1. The third kappa shape index (κ3) is 3.13. The van der Waals surface area contributed by atoms with Crippen LogP contribution in [0.5, 0.6) is 11.5 Å². The number of aliphatic hydroxyl groups excluding tert-OH is 1. The lowest BCUT2D eigenvalue weighted by molar-refractivity contribution is -0.123. The van der Waals surface area contributed by atoms with E-state index in [4.69, 9.17) is 14.6 Å². The summed E-state index contributed by atoms with van der Waals surface area (Å²) in [6, 6.07) is 5.36. The van der Waals surface area contributed by atoms with E-state index in [0.717, 1.165) is 5.56 Å². The molecule has 0 atom stereocenters. The predicted octanol–water partition coefficient (Wildman–Crippen LogP) is 0.312. The molecule has 1 amide bonds. The van der Waals surface area contributed by atoms with Crippen molar-refractivity contribution in [3.05, 3.63) is 23.8 Å². The van der Waals surface area contributed by atoms with Gasteiger partial charge >= 0.3 is 0 Å². The van der Waals surface area contributed by atoms with Gasteiger partial charge in [-0.2, -0.15) is 0 Å². The van der Waals surface area contributed by atoms with Crippen LogP contribution in [0.2, 0.25) is 0 Å². The molecule has 0 heterocycles. The fourth-order valence-electron chi connectivity index (χ4n) is 1.25. The lowest BCUT2D eigenvalue weighted by atomic mass is 10.2. The Hall–Kier alpha value is -1.75. The van der Waals surface area contributed by atoms with Crippen molar-refractivity contribution in [1.29, 1.82) is 0 Å². The quantitative estimate of drug-likeness (QED) is 0.757. The Labute approximate surface area is 94.0 Å². The highest BCUT2D eigenvalue weighted by Crippen LogP contribution is 2.27. The third-order valence-electron chi connectivity index (χ3n) is 2.08. The Morgan fingerprint density at radius 1 is 1.31 bits per heavy atom. The van der Waals surface area contributed by atoms with E-state index in [2.05, 4.69) is 5.32 Å². The lowest BCUT2D eigenvalue weighted by Gasteiger charge is -2.09. The molecule has 0 radical (unpaired) electrons. The third-order valence-corrected chi connectivity index (χ3v) is 2.08. The van der Waals surface area contributed by atoms with Crippen LogP contribution in [0, 0.1) is 0 Å². The van der Waals surface area contributed by atoms with Crippen molar-refractivity contribution in [2.75, 3.05) is 20.8 Å². The summed E-state index contributed by atoms with van der Waals surface area (Å²) in [4.78, 5) is 10.8. The maximum absolute atomic E-state index is 10.8. The van der Waals surface area contributed by atoms with Crippen LogP contribution < -0.4 is 14.8 Å². The maximum Gasteiger partial charge on any atom is 0.245 e. The summed E-state index contributed by atoms with van der Waals surface area (Å²) in [6.07, 6.45) is 0. The van der Waals surface area contributed by atoms with Crippen LogP contribution in [0.15, 0.2) is 18.2 Å². The summed E-state index contributed by atoms with van der Waals surface area (Å²) < 4.78 is 10.2. The van der Waals surface area contributed by atoms with Crippen LogP contribution in [0.25, 0.3) is 0 Å². The first-order valence-corrected chi connectivity index (χ1v) is 4.79. The van der Waals surface area contributed by atoms with Gasteiger partial charge in [0.15, 0.2) is 11.5 Å². The fraction of sp³-hybridized carbons (Fsp3) is 0.364. The summed E-state index contributed by atoms with van der Waals surface area (Å²) >= 11 is 0. The van der Waals surface area contributed by atoms with Gasteiger partial charge in [-0.05, 0) is 17.7 Å². The number of hydrogen-bond donors (Lipinski definition) is 2. The summed E-state index contributed by atoms with van der Waals surface area (Å²) in [7, 11) is 3.11. The first kappa shape index (κ1) is 12.3. The van der Waals surface area contributed by atoms with Gasteiger partial charge in [0.1, 0.15) is 6.61 Å². The van der Waals surface area contributed by atoms with Crippen LogP contribution in [0.3, 0.4) is 0 Å². The number of carbonyl (C=O) groups excluding carboxylic acids is 1. The molecule has 5 heteroatoms. The van der Waals surface area contributed by atoms with Crippen LogP contribution in [-0.2, 0) is 11.3 Å². The predicted molar refractivity (Wildman–Crippen MR) is 58.5 cm³/mol. The van der Waals surface area contributed by atoms with E-state index in [1.165, 1.54) is 0 Å². The second kappa shape index (κ2) is 5.97. The minimum absolute atomic E-state index is 0.347. The SMILES string of the molecule is COc1ccc(CNC(=O)CO)cc1OC. The Morgan fingerprint density at radius 3 is 2.56 bits per heavy atom. The average Bonchev–Trinajstić information content (AvgIpc) is 2.35. The van der Waals surface area contributed by atoms with Crippen molar-refractivity contribution in [1.82, 2.24) is 5.32 Å². The molecule has 0 unspecified atom stereocenters. The highest BCUT2D eigenvalue weighted by Gasteiger charge is 2.05. The van der Waals surface area contributed by atoms with E-state index < -0.39 is 12.5 Å². The van der Waals surface area contributed by atoms with E-state index in [1.807, 2.05) is 6.07 Å².